The van der Waals surface area contributed by atoms with Crippen molar-refractivity contribution in [2.24, 2.45) is 0 Å². The van der Waals surface area contributed by atoms with Gasteiger partial charge in [0.15, 0.2) is 0 Å². The van der Waals surface area contributed by atoms with Gasteiger partial charge in [0.2, 0.25) is 0 Å². The molecule has 0 aliphatic heterocycles. The zero-order valence-electron chi connectivity index (χ0n) is 8.28. The van der Waals surface area contributed by atoms with Gasteiger partial charge < -0.3 is 10.6 Å². The van der Waals surface area contributed by atoms with E-state index in [1.54, 1.807) is 0 Å². The summed E-state index contributed by atoms with van der Waals surface area (Å²) in [6.45, 7) is 10.9. The number of rotatable bonds is 6. The second-order valence-corrected chi connectivity index (χ2v) is 3.23. The van der Waals surface area contributed by atoms with Gasteiger partial charge in [-0.15, -0.1) is 0 Å². The van der Waals surface area contributed by atoms with E-state index < -0.39 is 0 Å². The van der Waals surface area contributed by atoms with E-state index in [4.69, 9.17) is 0 Å². The van der Waals surface area contributed by atoms with E-state index in [1.807, 2.05) is 0 Å². The molecule has 0 aliphatic carbocycles. The second-order valence-electron chi connectivity index (χ2n) is 3.23. The van der Waals surface area contributed by atoms with Gasteiger partial charge in [-0.3, -0.25) is 0 Å². The predicted octanol–water partition coefficient (Wildman–Crippen LogP) is 1.37. The van der Waals surface area contributed by atoms with Crippen LogP contribution < -0.4 is 10.6 Å². The average Bonchev–Trinajstić information content (AvgIpc) is 1.97. The minimum absolute atomic E-state index is 0.596. The quantitative estimate of drug-likeness (QED) is 0.610. The molecule has 11 heavy (non-hydrogen) atoms. The van der Waals surface area contributed by atoms with Gasteiger partial charge >= 0.3 is 0 Å². The lowest BCUT2D eigenvalue weighted by Gasteiger charge is -2.19. The van der Waals surface area contributed by atoms with Gasteiger partial charge in [0, 0.05) is 18.6 Å². The minimum Gasteiger partial charge on any atom is -0.315 e. The van der Waals surface area contributed by atoms with Crippen LogP contribution in [0.2, 0.25) is 0 Å². The Morgan fingerprint density at radius 2 is 1.82 bits per heavy atom. The lowest BCUT2D eigenvalue weighted by molar-refractivity contribution is 0.430. The van der Waals surface area contributed by atoms with Crippen molar-refractivity contribution in [1.82, 2.24) is 10.6 Å². The van der Waals surface area contributed by atoms with Crippen LogP contribution in [0.15, 0.2) is 0 Å². The van der Waals surface area contributed by atoms with Crippen LogP contribution in [0.1, 0.15) is 34.1 Å². The molecule has 0 aliphatic rings. The summed E-state index contributed by atoms with van der Waals surface area (Å²) < 4.78 is 0. The first kappa shape index (κ1) is 10.9. The zero-order chi connectivity index (χ0) is 8.69. The molecule has 0 bridgehead atoms. The maximum Gasteiger partial charge on any atom is 0.0192 e. The molecule has 2 heteroatoms. The van der Waals surface area contributed by atoms with Crippen molar-refractivity contribution in [3.8, 4) is 0 Å². The Hall–Kier alpha value is -0.0800. The molecular formula is C9H22N2. The van der Waals surface area contributed by atoms with Crippen molar-refractivity contribution in [2.75, 3.05) is 13.1 Å². The molecule has 1 atom stereocenters. The Morgan fingerprint density at radius 1 is 1.18 bits per heavy atom. The molecule has 0 saturated heterocycles. The molecule has 68 valence electrons. The SMILES string of the molecule is CCNCC(CC)NC(C)C. The smallest absolute Gasteiger partial charge is 0.0192 e. The van der Waals surface area contributed by atoms with Crippen molar-refractivity contribution >= 4 is 0 Å². The van der Waals surface area contributed by atoms with E-state index in [0.717, 1.165) is 13.1 Å². The van der Waals surface area contributed by atoms with Crippen molar-refractivity contribution in [1.29, 1.82) is 0 Å². The van der Waals surface area contributed by atoms with Crippen molar-refractivity contribution < 1.29 is 0 Å². The summed E-state index contributed by atoms with van der Waals surface area (Å²) in [4.78, 5) is 0. The van der Waals surface area contributed by atoms with Gasteiger partial charge in [-0.05, 0) is 13.0 Å². The van der Waals surface area contributed by atoms with E-state index in [0.29, 0.717) is 12.1 Å². The third kappa shape index (κ3) is 6.32. The van der Waals surface area contributed by atoms with Crippen molar-refractivity contribution in [3.63, 3.8) is 0 Å². The fourth-order valence-electron chi connectivity index (χ4n) is 1.11. The molecule has 0 aromatic carbocycles. The van der Waals surface area contributed by atoms with Crippen LogP contribution in [-0.4, -0.2) is 25.2 Å². The Bertz CT molecular complexity index is 81.6. The zero-order valence-corrected chi connectivity index (χ0v) is 8.28. The average molecular weight is 158 g/mol. The fourth-order valence-corrected chi connectivity index (χ4v) is 1.11. The van der Waals surface area contributed by atoms with Gasteiger partial charge in [-0.1, -0.05) is 27.7 Å². The highest BCUT2D eigenvalue weighted by molar-refractivity contribution is 4.69. The molecule has 2 nitrogen and oxygen atoms in total. The van der Waals surface area contributed by atoms with Crippen molar-refractivity contribution in [2.45, 2.75) is 46.2 Å². The summed E-state index contributed by atoms with van der Waals surface area (Å²) in [5, 5.41) is 6.84. The normalized spacial score (nSPS) is 13.9. The maximum absolute atomic E-state index is 3.50. The molecule has 0 heterocycles. The van der Waals surface area contributed by atoms with E-state index in [-0.39, 0.29) is 0 Å². The monoisotopic (exact) mass is 158 g/mol. The largest absolute Gasteiger partial charge is 0.315 e. The summed E-state index contributed by atoms with van der Waals surface area (Å²) in [5.41, 5.74) is 0. The molecule has 2 N–H and O–H groups in total. The minimum atomic E-state index is 0.596. The number of hydrogen-bond donors (Lipinski definition) is 2. The number of likely N-dealkylation sites (N-methyl/N-ethyl adjacent to an activating group) is 1. The molecule has 0 rings (SSSR count). The third-order valence-corrected chi connectivity index (χ3v) is 1.70. The van der Waals surface area contributed by atoms with Gasteiger partial charge in [0.25, 0.3) is 0 Å². The van der Waals surface area contributed by atoms with E-state index in [1.165, 1.54) is 6.42 Å². The first-order valence-corrected chi connectivity index (χ1v) is 4.67. The van der Waals surface area contributed by atoms with Crippen LogP contribution in [0.4, 0.5) is 0 Å². The molecule has 0 aromatic heterocycles. The summed E-state index contributed by atoms with van der Waals surface area (Å²) in [6, 6.07) is 1.23. The summed E-state index contributed by atoms with van der Waals surface area (Å²) in [6.07, 6.45) is 1.20. The second kappa shape index (κ2) is 6.62. The Labute approximate surface area is 70.8 Å². The summed E-state index contributed by atoms with van der Waals surface area (Å²) in [7, 11) is 0. The van der Waals surface area contributed by atoms with Crippen LogP contribution in [0.3, 0.4) is 0 Å². The topological polar surface area (TPSA) is 24.1 Å². The molecule has 0 aromatic rings. The molecule has 1 unspecified atom stereocenters. The standard InChI is InChI=1S/C9H22N2/c1-5-9(7-10-6-2)11-8(3)4/h8-11H,5-7H2,1-4H3. The highest BCUT2D eigenvalue weighted by atomic mass is 15.0. The van der Waals surface area contributed by atoms with Gasteiger partial charge in [-0.25, -0.2) is 0 Å². The van der Waals surface area contributed by atoms with Crippen LogP contribution in [0.25, 0.3) is 0 Å². The molecule has 0 amide bonds. The number of nitrogens with one attached hydrogen (secondary N) is 2. The first-order chi connectivity index (χ1) is 5.20. The van der Waals surface area contributed by atoms with E-state index in [9.17, 15) is 0 Å². The van der Waals surface area contributed by atoms with Gasteiger partial charge in [0.1, 0.15) is 0 Å². The molecule has 0 saturated carbocycles. The van der Waals surface area contributed by atoms with E-state index in [2.05, 4.69) is 38.3 Å². The van der Waals surface area contributed by atoms with E-state index >= 15 is 0 Å². The first-order valence-electron chi connectivity index (χ1n) is 4.67. The van der Waals surface area contributed by atoms with Gasteiger partial charge in [-0.2, -0.15) is 0 Å². The molecule has 0 radical (unpaired) electrons. The Balaban J connectivity index is 3.41. The summed E-state index contributed by atoms with van der Waals surface area (Å²) >= 11 is 0. The predicted molar refractivity (Wildman–Crippen MR) is 50.9 cm³/mol. The third-order valence-electron chi connectivity index (χ3n) is 1.70. The highest BCUT2D eigenvalue weighted by Crippen LogP contribution is 1.91. The molecular weight excluding hydrogens is 136 g/mol. The molecule has 0 spiro atoms. The summed E-state index contributed by atoms with van der Waals surface area (Å²) in [5.74, 6) is 0. The Kier molecular flexibility index (Phi) is 6.57. The lowest BCUT2D eigenvalue weighted by atomic mass is 10.2. The maximum atomic E-state index is 3.50. The molecule has 0 fully saturated rings. The fraction of sp³-hybridized carbons (Fsp3) is 1.00. The lowest BCUT2D eigenvalue weighted by Crippen LogP contribution is -2.41. The van der Waals surface area contributed by atoms with Crippen LogP contribution >= 0.6 is 0 Å². The van der Waals surface area contributed by atoms with Crippen molar-refractivity contribution in [3.05, 3.63) is 0 Å². The Morgan fingerprint density at radius 3 is 2.18 bits per heavy atom. The number of hydrogen-bond acceptors (Lipinski definition) is 2. The van der Waals surface area contributed by atoms with Crippen LogP contribution in [0.5, 0.6) is 0 Å². The van der Waals surface area contributed by atoms with Crippen LogP contribution in [0, 0.1) is 0 Å². The van der Waals surface area contributed by atoms with Gasteiger partial charge in [0.05, 0.1) is 0 Å². The van der Waals surface area contributed by atoms with Crippen LogP contribution in [-0.2, 0) is 0 Å². The highest BCUT2D eigenvalue weighted by Gasteiger charge is 2.04.